The third-order valence-corrected chi connectivity index (χ3v) is 10.8. The molecule has 0 radical (unpaired) electrons. The molecular formula is C41H49FN3O9P. The molecule has 4 aromatic rings. The van der Waals surface area contributed by atoms with Gasteiger partial charge in [-0.1, -0.05) is 75.6 Å². The highest BCUT2D eigenvalue weighted by atomic mass is 31.2. The van der Waals surface area contributed by atoms with Gasteiger partial charge in [-0.3, -0.25) is 18.9 Å². The van der Waals surface area contributed by atoms with Crippen molar-refractivity contribution >= 4 is 36.9 Å². The summed E-state index contributed by atoms with van der Waals surface area (Å²) in [5.74, 6) is -3.03. The van der Waals surface area contributed by atoms with E-state index in [1.807, 2.05) is 44.2 Å². The van der Waals surface area contributed by atoms with Crippen LogP contribution in [0.1, 0.15) is 84.9 Å². The van der Waals surface area contributed by atoms with Gasteiger partial charge in [0.05, 0.1) is 31.8 Å². The smallest absolute Gasteiger partial charge is 0.366 e. The van der Waals surface area contributed by atoms with Crippen LogP contribution in [-0.4, -0.2) is 55.2 Å². The number of ether oxygens (including phenoxy) is 1. The summed E-state index contributed by atoms with van der Waals surface area (Å²) in [5, 5.41) is 6.50. The Balaban J connectivity index is 1.44. The van der Waals surface area contributed by atoms with Crippen LogP contribution in [0.25, 0.3) is 11.3 Å². The molecule has 0 bridgehead atoms. The first-order valence-electron chi connectivity index (χ1n) is 18.3. The molecule has 294 valence electrons. The monoisotopic (exact) mass is 777 g/mol. The zero-order valence-electron chi connectivity index (χ0n) is 31.8. The summed E-state index contributed by atoms with van der Waals surface area (Å²) in [4.78, 5) is 57.2. The van der Waals surface area contributed by atoms with Crippen molar-refractivity contribution in [2.24, 2.45) is 5.92 Å². The maximum absolute atomic E-state index is 14.5. The van der Waals surface area contributed by atoms with Gasteiger partial charge in [0.1, 0.15) is 22.9 Å². The molecule has 14 heteroatoms. The lowest BCUT2D eigenvalue weighted by atomic mass is 9.90. The maximum Gasteiger partial charge on any atom is 0.366 e. The Morgan fingerprint density at radius 3 is 2.40 bits per heavy atom. The standard InChI is InChI=1S/C41H49FN3O9P/c1-6-9-11-18-33(35(7-2)45(27-46)54-41(49)38-28(4)15-14-19-34(38)42)39(47)43-26-44-40(48)37-21-20-36(53-37)30-22-31(51-8-3)24-32(23-30)55(5,50)52-25-29-16-12-10-13-17-29/h10,12-17,19-24,27,33,35H,6-9,11,18,25-26H2,1-5H3,(H,43,47)(H,44,48)/t33-,35-,55?/m1/s1. The molecule has 1 heterocycles. The number of amides is 3. The number of benzene rings is 3. The van der Waals surface area contributed by atoms with Gasteiger partial charge in [-0.15, -0.1) is 0 Å². The molecule has 3 aromatic carbocycles. The SMILES string of the molecule is CCCCC[C@@H](C(=O)NCNC(=O)c1ccc(-c2cc(OCC)cc(P(C)(=O)OCc3ccccc3)c2)o1)[C@@H](CC)N(C=O)OC(=O)c1c(C)cccc1F. The van der Waals surface area contributed by atoms with E-state index in [0.29, 0.717) is 53.8 Å². The highest BCUT2D eigenvalue weighted by Crippen LogP contribution is 2.44. The van der Waals surface area contributed by atoms with Crippen LogP contribution in [0, 0.1) is 18.7 Å². The summed E-state index contributed by atoms with van der Waals surface area (Å²) >= 11 is 0. The number of carbonyl (C=O) groups excluding carboxylic acids is 4. The van der Waals surface area contributed by atoms with Crippen molar-refractivity contribution in [1.29, 1.82) is 0 Å². The fourth-order valence-corrected chi connectivity index (χ4v) is 7.33. The summed E-state index contributed by atoms with van der Waals surface area (Å²) in [5.41, 5.74) is 1.42. The van der Waals surface area contributed by atoms with Crippen molar-refractivity contribution in [3.63, 3.8) is 0 Å². The van der Waals surface area contributed by atoms with Crippen LogP contribution in [0.5, 0.6) is 5.75 Å². The van der Waals surface area contributed by atoms with Crippen LogP contribution >= 0.6 is 7.37 Å². The van der Waals surface area contributed by atoms with Crippen LogP contribution in [0.3, 0.4) is 0 Å². The number of hydroxylamine groups is 2. The molecule has 2 N–H and O–H groups in total. The van der Waals surface area contributed by atoms with Crippen molar-refractivity contribution in [2.45, 2.75) is 72.4 Å². The van der Waals surface area contributed by atoms with Crippen molar-refractivity contribution in [3.8, 4) is 17.1 Å². The quantitative estimate of drug-likeness (QED) is 0.0287. The maximum atomic E-state index is 14.5. The van der Waals surface area contributed by atoms with Crippen molar-refractivity contribution in [2.75, 3.05) is 19.9 Å². The molecule has 3 atom stereocenters. The Labute approximate surface area is 321 Å². The summed E-state index contributed by atoms with van der Waals surface area (Å²) < 4.78 is 45.7. The lowest BCUT2D eigenvalue weighted by molar-refractivity contribution is -0.171. The highest BCUT2D eigenvalue weighted by molar-refractivity contribution is 7.66. The first-order chi connectivity index (χ1) is 26.4. The predicted molar refractivity (Wildman–Crippen MR) is 206 cm³/mol. The molecule has 55 heavy (non-hydrogen) atoms. The van der Waals surface area contributed by atoms with Gasteiger partial charge >= 0.3 is 5.97 Å². The Morgan fingerprint density at radius 2 is 1.73 bits per heavy atom. The summed E-state index contributed by atoms with van der Waals surface area (Å²) in [6.07, 6.45) is 3.26. The Bertz CT molecular complexity index is 1950. The van der Waals surface area contributed by atoms with Crippen LogP contribution < -0.4 is 20.7 Å². The zero-order chi connectivity index (χ0) is 40.0. The van der Waals surface area contributed by atoms with Crippen LogP contribution in [0.2, 0.25) is 0 Å². The molecule has 0 aliphatic heterocycles. The molecule has 0 saturated heterocycles. The molecule has 0 saturated carbocycles. The largest absolute Gasteiger partial charge is 0.494 e. The highest BCUT2D eigenvalue weighted by Gasteiger charge is 2.34. The number of nitrogens with one attached hydrogen (secondary N) is 2. The molecule has 1 unspecified atom stereocenters. The Morgan fingerprint density at radius 1 is 0.964 bits per heavy atom. The van der Waals surface area contributed by atoms with Gasteiger partial charge in [-0.25, -0.2) is 9.18 Å². The number of aryl methyl sites for hydroxylation is 1. The third kappa shape index (κ3) is 11.6. The number of rotatable bonds is 21. The predicted octanol–water partition coefficient (Wildman–Crippen LogP) is 7.55. The van der Waals surface area contributed by atoms with Crippen LogP contribution in [0.4, 0.5) is 4.39 Å². The minimum atomic E-state index is -3.31. The third-order valence-electron chi connectivity index (χ3n) is 9.00. The fourth-order valence-electron chi connectivity index (χ4n) is 6.05. The molecule has 3 amide bonds. The normalized spacial score (nSPS) is 13.2. The first-order valence-corrected chi connectivity index (χ1v) is 20.4. The van der Waals surface area contributed by atoms with E-state index in [1.165, 1.54) is 18.8 Å². The number of hydrogen-bond acceptors (Lipinski definition) is 9. The summed E-state index contributed by atoms with van der Waals surface area (Å²) in [7, 11) is -3.31. The van der Waals surface area contributed by atoms with Crippen molar-refractivity contribution in [1.82, 2.24) is 15.7 Å². The number of halogens is 1. The molecule has 0 aliphatic rings. The van der Waals surface area contributed by atoms with E-state index < -0.39 is 42.9 Å². The number of carbonyl (C=O) groups is 4. The van der Waals surface area contributed by atoms with Crippen LogP contribution in [-0.2, 0) is 30.1 Å². The number of unbranched alkanes of at least 4 members (excludes halogenated alkanes) is 2. The van der Waals surface area contributed by atoms with E-state index in [0.717, 1.165) is 29.5 Å². The second-order valence-corrected chi connectivity index (χ2v) is 15.5. The minimum Gasteiger partial charge on any atom is -0.494 e. The van der Waals surface area contributed by atoms with Gasteiger partial charge in [0.25, 0.3) is 5.91 Å². The summed E-state index contributed by atoms with van der Waals surface area (Å²) in [6.45, 7) is 8.91. The molecule has 0 aliphatic carbocycles. The van der Waals surface area contributed by atoms with Crippen LogP contribution in [0.15, 0.2) is 83.3 Å². The lowest BCUT2D eigenvalue weighted by Crippen LogP contribution is -2.49. The van der Waals surface area contributed by atoms with Gasteiger partial charge < -0.3 is 29.1 Å². The second-order valence-electron chi connectivity index (χ2n) is 13.0. The molecule has 4 rings (SSSR count). The van der Waals surface area contributed by atoms with E-state index in [2.05, 4.69) is 10.6 Å². The average Bonchev–Trinajstić information content (AvgIpc) is 3.67. The Hall–Kier alpha value is -5.26. The zero-order valence-corrected chi connectivity index (χ0v) is 32.7. The number of furan rings is 1. The van der Waals surface area contributed by atoms with E-state index in [4.69, 9.17) is 18.5 Å². The van der Waals surface area contributed by atoms with E-state index in [1.54, 1.807) is 44.2 Å². The molecule has 0 fully saturated rings. The van der Waals surface area contributed by atoms with E-state index in [9.17, 15) is 28.1 Å². The molecule has 1 aromatic heterocycles. The molecular weight excluding hydrogens is 728 g/mol. The van der Waals surface area contributed by atoms with Gasteiger partial charge in [0, 0.05) is 17.5 Å². The van der Waals surface area contributed by atoms with Gasteiger partial charge in [0.2, 0.25) is 19.7 Å². The van der Waals surface area contributed by atoms with E-state index in [-0.39, 0.29) is 31.0 Å². The number of hydrogen-bond donors (Lipinski definition) is 2. The fraction of sp³-hybridized carbons (Fsp3) is 0.366. The molecule has 12 nitrogen and oxygen atoms in total. The number of nitrogens with zero attached hydrogens (tertiary/aromatic N) is 1. The topological polar surface area (TPSA) is 153 Å². The first kappa shape index (κ1) is 42.5. The average molecular weight is 778 g/mol. The summed E-state index contributed by atoms with van der Waals surface area (Å²) in [6, 6.07) is 20.8. The van der Waals surface area contributed by atoms with Crippen molar-refractivity contribution < 1.29 is 46.6 Å². The minimum absolute atomic E-state index is 0.0407. The molecule has 0 spiro atoms. The Kier molecular flexibility index (Phi) is 15.8. The van der Waals surface area contributed by atoms with Crippen molar-refractivity contribution in [3.05, 3.63) is 107 Å². The van der Waals surface area contributed by atoms with E-state index >= 15 is 0 Å². The van der Waals surface area contributed by atoms with Gasteiger partial charge in [0.15, 0.2) is 5.76 Å². The second kappa shape index (κ2) is 20.4. The lowest BCUT2D eigenvalue weighted by Gasteiger charge is -2.32. The van der Waals surface area contributed by atoms with Gasteiger partial charge in [-0.2, -0.15) is 5.06 Å². The van der Waals surface area contributed by atoms with Gasteiger partial charge in [-0.05, 0) is 74.2 Å².